The highest BCUT2D eigenvalue weighted by Gasteiger charge is 2.36. The minimum atomic E-state index is -0.469. The lowest BCUT2D eigenvalue weighted by Gasteiger charge is -2.19. The highest BCUT2D eigenvalue weighted by molar-refractivity contribution is 5.83. The molecule has 3 heterocycles. The van der Waals surface area contributed by atoms with E-state index >= 15 is 0 Å². The Morgan fingerprint density at radius 2 is 1.86 bits per heavy atom. The van der Waals surface area contributed by atoms with E-state index in [1.54, 1.807) is 13.1 Å². The highest BCUT2D eigenvalue weighted by Crippen LogP contribution is 2.37. The molecule has 1 saturated carbocycles. The molecular weight excluding hydrogens is 442 g/mol. The quantitative estimate of drug-likeness (QED) is 0.526. The Bertz CT molecular complexity index is 1240. The number of nitrogens with zero attached hydrogens (tertiary/aromatic N) is 4. The SMILES string of the molecule is CC.CCOC(=O)Cn1c(=O)c(-c2ccccc2C)cc2cnc(NN3CC4CCCC4C3)nc21. The average Bonchev–Trinajstić information content (AvgIpc) is 3.45. The number of rotatable bonds is 6. The van der Waals surface area contributed by atoms with Gasteiger partial charge in [-0.05, 0) is 55.7 Å². The van der Waals surface area contributed by atoms with Crippen molar-refractivity contribution in [3.63, 3.8) is 0 Å². The number of esters is 1. The molecule has 8 heteroatoms. The van der Waals surface area contributed by atoms with Crippen molar-refractivity contribution in [1.82, 2.24) is 19.5 Å². The van der Waals surface area contributed by atoms with Crippen LogP contribution in [-0.4, -0.2) is 45.2 Å². The second kappa shape index (κ2) is 11.0. The summed E-state index contributed by atoms with van der Waals surface area (Å²) in [6, 6.07) is 9.52. The first-order valence-corrected chi connectivity index (χ1v) is 12.7. The second-order valence-electron chi connectivity index (χ2n) is 9.01. The Labute approximate surface area is 206 Å². The van der Waals surface area contributed by atoms with Gasteiger partial charge in [-0.15, -0.1) is 0 Å². The van der Waals surface area contributed by atoms with Gasteiger partial charge >= 0.3 is 5.97 Å². The average molecular weight is 478 g/mol. The van der Waals surface area contributed by atoms with E-state index in [4.69, 9.17) is 4.74 Å². The zero-order valence-corrected chi connectivity index (χ0v) is 21.1. The van der Waals surface area contributed by atoms with E-state index in [9.17, 15) is 9.59 Å². The van der Waals surface area contributed by atoms with Gasteiger partial charge in [-0.25, -0.2) is 9.99 Å². The van der Waals surface area contributed by atoms with Gasteiger partial charge in [0.05, 0.1) is 6.61 Å². The third-order valence-corrected chi connectivity index (χ3v) is 6.84. The molecule has 1 aliphatic carbocycles. The molecule has 0 amide bonds. The first-order chi connectivity index (χ1) is 17.0. The number of hydrogen-bond acceptors (Lipinski definition) is 7. The Morgan fingerprint density at radius 1 is 1.14 bits per heavy atom. The molecule has 2 aromatic heterocycles. The maximum Gasteiger partial charge on any atom is 0.326 e. The number of aryl methyl sites for hydroxylation is 1. The largest absolute Gasteiger partial charge is 0.465 e. The molecule has 2 fully saturated rings. The number of aromatic nitrogens is 3. The van der Waals surface area contributed by atoms with Crippen LogP contribution in [0, 0.1) is 18.8 Å². The van der Waals surface area contributed by atoms with Crippen LogP contribution in [0.2, 0.25) is 0 Å². The van der Waals surface area contributed by atoms with Crippen LogP contribution < -0.4 is 11.0 Å². The van der Waals surface area contributed by atoms with E-state index in [1.165, 1.54) is 23.8 Å². The minimum Gasteiger partial charge on any atom is -0.465 e. The predicted molar refractivity (Wildman–Crippen MR) is 138 cm³/mol. The molecule has 2 unspecified atom stereocenters. The summed E-state index contributed by atoms with van der Waals surface area (Å²) in [5, 5.41) is 2.87. The van der Waals surface area contributed by atoms with Crippen LogP contribution in [0.3, 0.4) is 0 Å². The fourth-order valence-electron chi connectivity index (χ4n) is 5.23. The molecule has 0 bridgehead atoms. The summed E-state index contributed by atoms with van der Waals surface area (Å²) < 4.78 is 6.54. The van der Waals surface area contributed by atoms with Crippen LogP contribution >= 0.6 is 0 Å². The van der Waals surface area contributed by atoms with Gasteiger partial charge in [-0.1, -0.05) is 44.5 Å². The number of carbonyl (C=O) groups is 1. The zero-order valence-electron chi connectivity index (χ0n) is 21.1. The molecule has 1 N–H and O–H groups in total. The number of hydrogen-bond donors (Lipinski definition) is 1. The lowest BCUT2D eigenvalue weighted by molar-refractivity contribution is -0.143. The van der Waals surface area contributed by atoms with Crippen molar-refractivity contribution >= 4 is 23.0 Å². The Morgan fingerprint density at radius 3 is 2.54 bits per heavy atom. The summed E-state index contributed by atoms with van der Waals surface area (Å²) in [6.07, 6.45) is 5.59. The Balaban J connectivity index is 0.00000141. The third kappa shape index (κ3) is 5.22. The molecule has 0 radical (unpaired) electrons. The molecule has 3 aromatic rings. The van der Waals surface area contributed by atoms with Gasteiger partial charge in [0.1, 0.15) is 12.2 Å². The van der Waals surface area contributed by atoms with E-state index in [1.807, 2.05) is 51.1 Å². The second-order valence-corrected chi connectivity index (χ2v) is 9.01. The number of benzene rings is 1. The van der Waals surface area contributed by atoms with Gasteiger partial charge in [-0.3, -0.25) is 19.6 Å². The van der Waals surface area contributed by atoms with Gasteiger partial charge < -0.3 is 4.74 Å². The summed E-state index contributed by atoms with van der Waals surface area (Å²) in [4.78, 5) is 35.0. The third-order valence-electron chi connectivity index (χ3n) is 6.84. The van der Waals surface area contributed by atoms with Crippen molar-refractivity contribution in [2.75, 3.05) is 25.1 Å². The number of nitrogens with one attached hydrogen (secondary N) is 1. The summed E-state index contributed by atoms with van der Waals surface area (Å²) in [6.45, 7) is 9.72. The van der Waals surface area contributed by atoms with Gasteiger partial charge in [0.2, 0.25) is 5.95 Å². The number of hydrazine groups is 1. The minimum absolute atomic E-state index is 0.201. The van der Waals surface area contributed by atoms with Crippen LogP contribution in [0.5, 0.6) is 0 Å². The Kier molecular flexibility index (Phi) is 7.80. The summed E-state index contributed by atoms with van der Waals surface area (Å²) >= 11 is 0. The summed E-state index contributed by atoms with van der Waals surface area (Å²) in [5.41, 5.74) is 5.79. The van der Waals surface area contributed by atoms with Crippen molar-refractivity contribution < 1.29 is 9.53 Å². The first-order valence-electron chi connectivity index (χ1n) is 12.7. The number of ether oxygens (including phenoxy) is 1. The summed E-state index contributed by atoms with van der Waals surface area (Å²) in [5.74, 6) is 1.43. The summed E-state index contributed by atoms with van der Waals surface area (Å²) in [7, 11) is 0. The lowest BCUT2D eigenvalue weighted by Crippen LogP contribution is -2.30. The van der Waals surface area contributed by atoms with Crippen molar-refractivity contribution in [3.05, 3.63) is 52.4 Å². The topological polar surface area (TPSA) is 89.3 Å². The normalized spacial score (nSPS) is 19.2. The number of pyridine rings is 1. The maximum absolute atomic E-state index is 13.5. The maximum atomic E-state index is 13.5. The highest BCUT2D eigenvalue weighted by atomic mass is 16.5. The van der Waals surface area contributed by atoms with Gasteiger partial charge in [0.15, 0.2) is 0 Å². The number of carbonyl (C=O) groups excluding carboxylic acids is 1. The van der Waals surface area contributed by atoms with E-state index in [-0.39, 0.29) is 18.7 Å². The molecule has 1 aliphatic heterocycles. The fourth-order valence-corrected chi connectivity index (χ4v) is 5.23. The van der Waals surface area contributed by atoms with Gasteiger partial charge in [0.25, 0.3) is 5.56 Å². The molecule has 186 valence electrons. The van der Waals surface area contributed by atoms with Crippen molar-refractivity contribution in [3.8, 4) is 11.1 Å². The molecule has 2 atom stereocenters. The molecule has 35 heavy (non-hydrogen) atoms. The standard InChI is InChI=1S/C25H29N5O3.C2H6/c1-3-33-22(31)15-30-23-19(11-21(24(30)32)20-10-5-4-7-16(20)2)12-26-25(27-23)28-29-13-17-8-6-9-18(17)14-29;1-2/h4-5,7,10-12,17-18H,3,6,8-9,13-15H2,1-2H3,(H,26,27,28);1-2H3. The van der Waals surface area contributed by atoms with Gasteiger partial charge in [-0.2, -0.15) is 4.98 Å². The monoisotopic (exact) mass is 477 g/mol. The van der Waals surface area contributed by atoms with E-state index in [2.05, 4.69) is 20.4 Å². The van der Waals surface area contributed by atoms with Gasteiger partial charge in [0, 0.05) is 30.2 Å². The van der Waals surface area contributed by atoms with Crippen LogP contribution in [0.1, 0.15) is 45.6 Å². The number of fused-ring (bicyclic) bond motifs is 2. The Hall–Kier alpha value is -3.26. The van der Waals surface area contributed by atoms with Crippen LogP contribution in [-0.2, 0) is 16.1 Å². The fraction of sp³-hybridized carbons (Fsp3) is 0.481. The smallest absolute Gasteiger partial charge is 0.326 e. The van der Waals surface area contributed by atoms with E-state index in [0.717, 1.165) is 36.1 Å². The molecule has 5 rings (SSSR count). The number of anilines is 1. The zero-order chi connectivity index (χ0) is 24.9. The van der Waals surface area contributed by atoms with E-state index < -0.39 is 5.97 Å². The first kappa shape index (κ1) is 24.9. The molecule has 1 aromatic carbocycles. The predicted octanol–water partition coefficient (Wildman–Crippen LogP) is 4.42. The van der Waals surface area contributed by atoms with Crippen LogP contribution in [0.4, 0.5) is 5.95 Å². The van der Waals surface area contributed by atoms with Crippen molar-refractivity contribution in [2.24, 2.45) is 11.8 Å². The molecule has 1 saturated heterocycles. The van der Waals surface area contributed by atoms with Crippen LogP contribution in [0.25, 0.3) is 22.2 Å². The lowest BCUT2D eigenvalue weighted by atomic mass is 10.0. The van der Waals surface area contributed by atoms with Crippen molar-refractivity contribution in [1.29, 1.82) is 0 Å². The molecule has 0 spiro atoms. The molecule has 8 nitrogen and oxygen atoms in total. The molecule has 2 aliphatic rings. The van der Waals surface area contributed by atoms with Crippen molar-refractivity contribution in [2.45, 2.75) is 53.5 Å². The molecular formula is C27H35N5O3. The van der Waals surface area contributed by atoms with Crippen LogP contribution in [0.15, 0.2) is 41.3 Å². The van der Waals surface area contributed by atoms with E-state index in [0.29, 0.717) is 22.5 Å².